The number of aromatic nitrogens is 2. The fourth-order valence-electron chi connectivity index (χ4n) is 4.46. The number of rotatable bonds is 12. The van der Waals surface area contributed by atoms with E-state index in [2.05, 4.69) is 24.2 Å². The van der Waals surface area contributed by atoms with Gasteiger partial charge in [-0.2, -0.15) is 0 Å². The van der Waals surface area contributed by atoms with E-state index in [4.69, 9.17) is 20.6 Å². The Labute approximate surface area is 238 Å². The number of carboxylic acid groups (broad SMARTS) is 1. The molecule has 3 aromatic rings. The number of carboxylic acids is 1. The van der Waals surface area contributed by atoms with Crippen molar-refractivity contribution in [1.29, 1.82) is 0 Å². The van der Waals surface area contributed by atoms with Crippen LogP contribution in [0.25, 0.3) is 11.5 Å². The molecule has 9 heteroatoms. The van der Waals surface area contributed by atoms with Gasteiger partial charge in [-0.15, -0.1) is 0 Å². The zero-order valence-electron chi connectivity index (χ0n) is 21.3. The summed E-state index contributed by atoms with van der Waals surface area (Å²) < 4.78 is 11.3. The van der Waals surface area contributed by atoms with Gasteiger partial charge < -0.3 is 18.9 Å². The minimum Gasteiger partial charge on any atom is -0.550 e. The summed E-state index contributed by atoms with van der Waals surface area (Å²) in [6.45, 7) is 6.16. The smallest absolute Gasteiger partial charge is 0.550 e. The van der Waals surface area contributed by atoms with Crippen LogP contribution in [0, 0.1) is 12.8 Å². The first kappa shape index (κ1) is 28.6. The van der Waals surface area contributed by atoms with Crippen molar-refractivity contribution in [1.82, 2.24) is 10.3 Å². The monoisotopic (exact) mass is 520 g/mol. The van der Waals surface area contributed by atoms with Crippen molar-refractivity contribution in [3.8, 4) is 11.5 Å². The summed E-state index contributed by atoms with van der Waals surface area (Å²) in [5.74, 6) is 0.115. The topological polar surface area (TPSA) is 109 Å². The molecule has 2 aromatic heterocycles. The third-order valence-corrected chi connectivity index (χ3v) is 6.65. The van der Waals surface area contributed by atoms with Crippen LogP contribution in [0.1, 0.15) is 85.9 Å². The first-order chi connectivity index (χ1) is 16.7. The Morgan fingerprint density at radius 3 is 2.56 bits per heavy atom. The third kappa shape index (κ3) is 7.31. The normalized spacial score (nSPS) is 14.0. The SMILES string of the molecule is Cc1ccc(CC(=O)C[C@H](CCC(=O)[O-])c2noc(-c3cc(CC(C)C)no3)c2C2CC2)c(Cl)c1.[Na+]. The van der Waals surface area contributed by atoms with E-state index in [1.54, 1.807) is 0 Å². The van der Waals surface area contributed by atoms with E-state index in [0.29, 0.717) is 28.2 Å². The van der Waals surface area contributed by atoms with Gasteiger partial charge in [-0.05, 0) is 68.1 Å². The average molecular weight is 521 g/mol. The molecule has 0 radical (unpaired) electrons. The molecule has 7 nitrogen and oxygen atoms in total. The zero-order chi connectivity index (χ0) is 25.1. The van der Waals surface area contributed by atoms with Crippen LogP contribution < -0.4 is 34.7 Å². The summed E-state index contributed by atoms with van der Waals surface area (Å²) in [5.41, 5.74) is 4.15. The molecule has 2 heterocycles. The summed E-state index contributed by atoms with van der Waals surface area (Å²) in [5, 5.41) is 20.3. The number of carbonyl (C=O) groups is 2. The van der Waals surface area contributed by atoms with Gasteiger partial charge >= 0.3 is 29.6 Å². The van der Waals surface area contributed by atoms with Crippen LogP contribution in [0.5, 0.6) is 0 Å². The van der Waals surface area contributed by atoms with E-state index in [0.717, 1.165) is 41.6 Å². The van der Waals surface area contributed by atoms with Gasteiger partial charge in [0, 0.05) is 41.4 Å². The molecule has 1 fully saturated rings. The Balaban J connectivity index is 0.00000361. The number of ketones is 1. The molecular formula is C27H30ClN2NaO5. The van der Waals surface area contributed by atoms with Gasteiger partial charge in [-0.3, -0.25) is 4.79 Å². The van der Waals surface area contributed by atoms with Gasteiger partial charge in [0.1, 0.15) is 5.78 Å². The van der Waals surface area contributed by atoms with Gasteiger partial charge in [0.25, 0.3) is 0 Å². The van der Waals surface area contributed by atoms with E-state index in [1.165, 1.54) is 0 Å². The predicted molar refractivity (Wildman–Crippen MR) is 129 cm³/mol. The molecule has 0 aliphatic heterocycles. The first-order valence-corrected chi connectivity index (χ1v) is 12.5. The molecule has 1 aromatic carbocycles. The summed E-state index contributed by atoms with van der Waals surface area (Å²) in [6, 6.07) is 7.48. The maximum atomic E-state index is 13.0. The van der Waals surface area contributed by atoms with E-state index in [9.17, 15) is 14.7 Å². The van der Waals surface area contributed by atoms with E-state index < -0.39 is 11.9 Å². The summed E-state index contributed by atoms with van der Waals surface area (Å²) in [4.78, 5) is 24.3. The van der Waals surface area contributed by atoms with Crippen LogP contribution in [0.15, 0.2) is 33.3 Å². The van der Waals surface area contributed by atoms with E-state index in [-0.39, 0.29) is 66.9 Å². The summed E-state index contributed by atoms with van der Waals surface area (Å²) >= 11 is 6.33. The molecular weight excluding hydrogens is 491 g/mol. The maximum absolute atomic E-state index is 13.0. The second kappa shape index (κ2) is 12.5. The van der Waals surface area contributed by atoms with Crippen molar-refractivity contribution >= 4 is 23.4 Å². The molecule has 4 rings (SSSR count). The number of benzene rings is 1. The van der Waals surface area contributed by atoms with Gasteiger partial charge in [-0.25, -0.2) is 0 Å². The number of halogens is 1. The first-order valence-electron chi connectivity index (χ1n) is 12.1. The van der Waals surface area contributed by atoms with Crippen LogP contribution in [-0.4, -0.2) is 22.1 Å². The Morgan fingerprint density at radius 2 is 1.92 bits per heavy atom. The molecule has 0 spiro atoms. The molecule has 0 amide bonds. The van der Waals surface area contributed by atoms with E-state index in [1.807, 2.05) is 31.2 Å². The molecule has 1 saturated carbocycles. The quantitative estimate of drug-likeness (QED) is 0.337. The molecule has 186 valence electrons. The van der Waals surface area contributed by atoms with Crippen LogP contribution in [0.4, 0.5) is 0 Å². The fraction of sp³-hybridized carbons (Fsp3) is 0.481. The van der Waals surface area contributed by atoms with Gasteiger partial charge in [-0.1, -0.05) is 47.9 Å². The van der Waals surface area contributed by atoms with Crippen LogP contribution in [0.3, 0.4) is 0 Å². The van der Waals surface area contributed by atoms with Crippen LogP contribution >= 0.6 is 11.6 Å². The molecule has 1 atom stereocenters. The molecule has 1 aliphatic rings. The van der Waals surface area contributed by atoms with Crippen molar-refractivity contribution in [3.63, 3.8) is 0 Å². The summed E-state index contributed by atoms with van der Waals surface area (Å²) in [6.07, 6.45) is 3.12. The van der Waals surface area contributed by atoms with Crippen molar-refractivity contribution in [3.05, 3.63) is 57.4 Å². The Bertz CT molecular complexity index is 1210. The predicted octanol–water partition coefficient (Wildman–Crippen LogP) is 2.19. The number of carbonyl (C=O) groups excluding carboxylic acids is 2. The number of hydrogen-bond donors (Lipinski definition) is 0. The molecule has 0 bridgehead atoms. The average Bonchev–Trinajstić information content (AvgIpc) is 3.36. The largest absolute Gasteiger partial charge is 1.00 e. The summed E-state index contributed by atoms with van der Waals surface area (Å²) in [7, 11) is 0. The number of aliphatic carboxylic acids is 1. The van der Waals surface area contributed by atoms with Crippen LogP contribution in [-0.2, 0) is 22.4 Å². The number of aryl methyl sites for hydroxylation is 1. The van der Waals surface area contributed by atoms with Gasteiger partial charge in [0.2, 0.25) is 11.5 Å². The van der Waals surface area contributed by atoms with E-state index >= 15 is 0 Å². The van der Waals surface area contributed by atoms with Gasteiger partial charge in [0.15, 0.2) is 0 Å². The second-order valence-electron chi connectivity index (χ2n) is 9.99. The van der Waals surface area contributed by atoms with Gasteiger partial charge in [0.05, 0.1) is 11.4 Å². The molecule has 36 heavy (non-hydrogen) atoms. The maximum Gasteiger partial charge on any atom is 1.00 e. The third-order valence-electron chi connectivity index (χ3n) is 6.30. The minimum absolute atomic E-state index is 0. The minimum atomic E-state index is -1.16. The molecule has 1 aliphatic carbocycles. The Morgan fingerprint density at radius 1 is 1.17 bits per heavy atom. The number of Topliss-reactive ketones (excluding diaryl/α,β-unsaturated/α-hetero) is 1. The van der Waals surface area contributed by atoms with Crippen molar-refractivity contribution in [2.24, 2.45) is 5.92 Å². The fourth-order valence-corrected chi connectivity index (χ4v) is 4.77. The zero-order valence-corrected chi connectivity index (χ0v) is 24.1. The standard InChI is InChI=1S/C27H31ClN2O5.Na/c1-15(2)10-20-14-23(34-29-20)27-25(17-6-7-17)26(30-35-27)19(8-9-24(32)33)13-21(31)12-18-5-4-16(3)11-22(18)28;/h4-5,11,14-15,17,19H,6-10,12-13H2,1-3H3,(H,32,33);/q;+1/p-1/t19-;/m0./s1. The number of hydrogen-bond acceptors (Lipinski definition) is 7. The van der Waals surface area contributed by atoms with Crippen molar-refractivity contribution in [2.45, 2.75) is 77.6 Å². The van der Waals surface area contributed by atoms with Crippen LogP contribution in [0.2, 0.25) is 5.02 Å². The van der Waals surface area contributed by atoms with Crippen molar-refractivity contribution in [2.75, 3.05) is 0 Å². The second-order valence-corrected chi connectivity index (χ2v) is 10.4. The molecule has 0 N–H and O–H groups in total. The molecule has 0 saturated heterocycles. The van der Waals surface area contributed by atoms with Crippen molar-refractivity contribution < 1.29 is 53.3 Å². The number of nitrogens with zero attached hydrogens (tertiary/aromatic N) is 2. The Hall–Kier alpha value is -1.93. The molecule has 0 unspecified atom stereocenters. The Kier molecular flexibility index (Phi) is 9.98.